The highest BCUT2D eigenvalue weighted by Gasteiger charge is 2.22. The van der Waals surface area contributed by atoms with Crippen LogP contribution >= 0.6 is 0 Å². The second kappa shape index (κ2) is 11.5. The third kappa shape index (κ3) is 7.30. The number of hydrogen-bond acceptors (Lipinski definition) is 5. The molecular formula is C25H33NO4. The Morgan fingerprint density at radius 1 is 1.00 bits per heavy atom. The standard InChI is InChI=1S/C25H33NO4/c1-17(2)25(28)30-24-12-11-20(16-29-19(5)27)15-23(24)22(13-14-26-18(3)4)21-9-7-6-8-10-21/h6-12,15,17-18,22,26H,13-14,16H2,1-5H3. The van der Waals surface area contributed by atoms with E-state index in [1.165, 1.54) is 6.92 Å². The van der Waals surface area contributed by atoms with Crippen LogP contribution < -0.4 is 10.1 Å². The normalized spacial score (nSPS) is 12.1. The summed E-state index contributed by atoms with van der Waals surface area (Å²) in [5.74, 6) is -0.233. The second-order valence-electron chi connectivity index (χ2n) is 8.09. The van der Waals surface area contributed by atoms with Crippen LogP contribution in [0.5, 0.6) is 5.75 Å². The molecule has 0 bridgehead atoms. The summed E-state index contributed by atoms with van der Waals surface area (Å²) in [7, 11) is 0. The first-order chi connectivity index (χ1) is 14.3. The quantitative estimate of drug-likeness (QED) is 0.448. The maximum Gasteiger partial charge on any atom is 0.313 e. The molecule has 1 unspecified atom stereocenters. The fourth-order valence-electron chi connectivity index (χ4n) is 3.17. The summed E-state index contributed by atoms with van der Waals surface area (Å²) in [5, 5.41) is 3.47. The van der Waals surface area contributed by atoms with Crippen LogP contribution in [-0.2, 0) is 20.9 Å². The predicted octanol–water partition coefficient (Wildman–Crippen LogP) is 4.83. The summed E-state index contributed by atoms with van der Waals surface area (Å²) in [6.07, 6.45) is 0.839. The average Bonchev–Trinajstić information content (AvgIpc) is 2.71. The van der Waals surface area contributed by atoms with Gasteiger partial charge in [0, 0.05) is 24.4 Å². The van der Waals surface area contributed by atoms with Crippen molar-refractivity contribution in [2.24, 2.45) is 5.92 Å². The van der Waals surface area contributed by atoms with E-state index in [1.54, 1.807) is 6.07 Å². The number of rotatable bonds is 10. The van der Waals surface area contributed by atoms with E-state index in [0.29, 0.717) is 11.8 Å². The van der Waals surface area contributed by atoms with Crippen molar-refractivity contribution in [3.8, 4) is 5.75 Å². The van der Waals surface area contributed by atoms with Gasteiger partial charge in [0.1, 0.15) is 12.4 Å². The number of nitrogens with one attached hydrogen (secondary N) is 1. The minimum Gasteiger partial charge on any atom is -0.461 e. The molecule has 0 fully saturated rings. The molecule has 0 aliphatic carbocycles. The van der Waals surface area contributed by atoms with Crippen LogP contribution in [0.1, 0.15) is 63.6 Å². The van der Waals surface area contributed by atoms with E-state index in [0.717, 1.165) is 29.7 Å². The lowest BCUT2D eigenvalue weighted by molar-refractivity contribution is -0.142. The maximum absolute atomic E-state index is 12.3. The number of esters is 2. The Balaban J connectivity index is 2.45. The van der Waals surface area contributed by atoms with Crippen molar-refractivity contribution in [2.75, 3.05) is 6.54 Å². The van der Waals surface area contributed by atoms with E-state index < -0.39 is 0 Å². The SMILES string of the molecule is CC(=O)OCc1ccc(OC(=O)C(C)C)c(C(CCNC(C)C)c2ccccc2)c1. The predicted molar refractivity (Wildman–Crippen MR) is 118 cm³/mol. The number of carbonyl (C=O) groups is 2. The van der Waals surface area contributed by atoms with E-state index >= 15 is 0 Å². The smallest absolute Gasteiger partial charge is 0.313 e. The number of ether oxygens (including phenoxy) is 2. The van der Waals surface area contributed by atoms with E-state index in [4.69, 9.17) is 9.47 Å². The van der Waals surface area contributed by atoms with Crippen molar-refractivity contribution in [1.29, 1.82) is 0 Å². The monoisotopic (exact) mass is 411 g/mol. The summed E-state index contributed by atoms with van der Waals surface area (Å²) in [5.41, 5.74) is 2.93. The van der Waals surface area contributed by atoms with Crippen LogP contribution in [0.3, 0.4) is 0 Å². The van der Waals surface area contributed by atoms with E-state index in [1.807, 2.05) is 44.2 Å². The van der Waals surface area contributed by atoms with Crippen LogP contribution in [0.15, 0.2) is 48.5 Å². The molecule has 0 aliphatic heterocycles. The number of carbonyl (C=O) groups excluding carboxylic acids is 2. The molecule has 0 amide bonds. The highest BCUT2D eigenvalue weighted by Crippen LogP contribution is 2.35. The van der Waals surface area contributed by atoms with Gasteiger partial charge in [-0.05, 0) is 36.2 Å². The molecule has 0 saturated heterocycles. The van der Waals surface area contributed by atoms with Crippen molar-refractivity contribution in [3.05, 3.63) is 65.2 Å². The Kier molecular flexibility index (Phi) is 9.06. The van der Waals surface area contributed by atoms with Gasteiger partial charge < -0.3 is 14.8 Å². The fraction of sp³-hybridized carbons (Fsp3) is 0.440. The molecular weight excluding hydrogens is 378 g/mol. The second-order valence-corrected chi connectivity index (χ2v) is 8.09. The van der Waals surface area contributed by atoms with E-state index in [2.05, 4.69) is 31.3 Å². The summed E-state index contributed by atoms with van der Waals surface area (Å²) < 4.78 is 10.9. The van der Waals surface area contributed by atoms with Crippen molar-refractivity contribution in [3.63, 3.8) is 0 Å². The molecule has 30 heavy (non-hydrogen) atoms. The van der Waals surface area contributed by atoms with Crippen LogP contribution in [0.25, 0.3) is 0 Å². The van der Waals surface area contributed by atoms with E-state index in [9.17, 15) is 9.59 Å². The highest BCUT2D eigenvalue weighted by atomic mass is 16.5. The molecule has 0 spiro atoms. The first-order valence-electron chi connectivity index (χ1n) is 10.5. The minimum absolute atomic E-state index is 0.0321. The lowest BCUT2D eigenvalue weighted by atomic mass is 9.87. The molecule has 5 heteroatoms. The van der Waals surface area contributed by atoms with Gasteiger partial charge in [-0.1, -0.05) is 64.1 Å². The molecule has 162 valence electrons. The Hall–Kier alpha value is -2.66. The van der Waals surface area contributed by atoms with Gasteiger partial charge in [-0.2, -0.15) is 0 Å². The van der Waals surface area contributed by atoms with Crippen molar-refractivity contribution >= 4 is 11.9 Å². The van der Waals surface area contributed by atoms with E-state index in [-0.39, 0.29) is 30.4 Å². The third-order valence-electron chi connectivity index (χ3n) is 4.76. The van der Waals surface area contributed by atoms with Crippen LogP contribution in [-0.4, -0.2) is 24.5 Å². The zero-order valence-corrected chi connectivity index (χ0v) is 18.6. The number of benzene rings is 2. The van der Waals surface area contributed by atoms with Gasteiger partial charge in [-0.15, -0.1) is 0 Å². The van der Waals surface area contributed by atoms with Gasteiger partial charge in [0.15, 0.2) is 0 Å². The zero-order chi connectivity index (χ0) is 22.1. The first-order valence-corrected chi connectivity index (χ1v) is 10.5. The van der Waals surface area contributed by atoms with Crippen molar-refractivity contribution < 1.29 is 19.1 Å². The lowest BCUT2D eigenvalue weighted by Gasteiger charge is -2.23. The molecule has 0 heterocycles. The van der Waals surface area contributed by atoms with Gasteiger partial charge in [-0.3, -0.25) is 9.59 Å². The highest BCUT2D eigenvalue weighted by molar-refractivity contribution is 5.75. The van der Waals surface area contributed by atoms with Gasteiger partial charge in [-0.25, -0.2) is 0 Å². The van der Waals surface area contributed by atoms with Gasteiger partial charge in [0.2, 0.25) is 0 Å². The molecule has 0 aromatic heterocycles. The first kappa shape index (κ1) is 23.6. The maximum atomic E-state index is 12.3. The molecule has 1 N–H and O–H groups in total. The van der Waals surface area contributed by atoms with Gasteiger partial charge in [0.25, 0.3) is 0 Å². The molecule has 1 atom stereocenters. The fourth-order valence-corrected chi connectivity index (χ4v) is 3.17. The topological polar surface area (TPSA) is 64.6 Å². The van der Waals surface area contributed by atoms with Crippen LogP contribution in [0, 0.1) is 5.92 Å². The summed E-state index contributed by atoms with van der Waals surface area (Å²) in [4.78, 5) is 23.6. The molecule has 2 rings (SSSR count). The summed E-state index contributed by atoms with van der Waals surface area (Å²) in [6.45, 7) is 10.3. The number of hydrogen-bond donors (Lipinski definition) is 1. The zero-order valence-electron chi connectivity index (χ0n) is 18.6. The minimum atomic E-state index is -0.326. The van der Waals surface area contributed by atoms with Crippen molar-refractivity contribution in [2.45, 2.75) is 59.6 Å². The average molecular weight is 412 g/mol. The van der Waals surface area contributed by atoms with Crippen molar-refractivity contribution in [1.82, 2.24) is 5.32 Å². The van der Waals surface area contributed by atoms with Crippen LogP contribution in [0.2, 0.25) is 0 Å². The van der Waals surface area contributed by atoms with Gasteiger partial charge in [0.05, 0.1) is 5.92 Å². The third-order valence-corrected chi connectivity index (χ3v) is 4.76. The molecule has 2 aromatic rings. The Labute approximate surface area is 179 Å². The Morgan fingerprint density at radius 2 is 1.70 bits per heavy atom. The lowest BCUT2D eigenvalue weighted by Crippen LogP contribution is -2.25. The molecule has 5 nitrogen and oxygen atoms in total. The van der Waals surface area contributed by atoms with Gasteiger partial charge >= 0.3 is 11.9 Å². The molecule has 0 aliphatic rings. The molecule has 0 saturated carbocycles. The summed E-state index contributed by atoms with van der Waals surface area (Å²) in [6, 6.07) is 16.2. The largest absolute Gasteiger partial charge is 0.461 e. The Bertz CT molecular complexity index is 830. The molecule has 2 aromatic carbocycles. The summed E-state index contributed by atoms with van der Waals surface area (Å²) >= 11 is 0. The van der Waals surface area contributed by atoms with Crippen LogP contribution in [0.4, 0.5) is 0 Å². The molecule has 0 radical (unpaired) electrons. The Morgan fingerprint density at radius 3 is 2.30 bits per heavy atom.